The van der Waals surface area contributed by atoms with Gasteiger partial charge in [0.15, 0.2) is 5.78 Å². The van der Waals surface area contributed by atoms with Gasteiger partial charge in [0.25, 0.3) is 0 Å². The number of Topliss-reactive ketones (excluding diaryl/α,β-unsaturated/α-hetero) is 1. The SMILES string of the molecule is CCN1CCC(=O)C1c1ccc(Br)cc1. The number of hydrogen-bond acceptors (Lipinski definition) is 2. The Morgan fingerprint density at radius 3 is 2.67 bits per heavy atom. The van der Waals surface area contributed by atoms with Crippen LogP contribution in [0.1, 0.15) is 24.9 Å². The molecule has 1 aromatic carbocycles. The van der Waals surface area contributed by atoms with Gasteiger partial charge in [-0.15, -0.1) is 0 Å². The first-order valence-electron chi connectivity index (χ1n) is 5.24. The summed E-state index contributed by atoms with van der Waals surface area (Å²) in [6.07, 6.45) is 0.689. The van der Waals surface area contributed by atoms with E-state index in [2.05, 4.69) is 27.8 Å². The lowest BCUT2D eigenvalue weighted by atomic mass is 10.0. The van der Waals surface area contributed by atoms with Crippen molar-refractivity contribution in [1.82, 2.24) is 4.90 Å². The van der Waals surface area contributed by atoms with Crippen LogP contribution >= 0.6 is 15.9 Å². The Labute approximate surface area is 98.4 Å². The molecule has 3 heteroatoms. The van der Waals surface area contributed by atoms with E-state index in [9.17, 15) is 4.79 Å². The highest BCUT2D eigenvalue weighted by Crippen LogP contribution is 2.29. The number of nitrogens with zero attached hydrogens (tertiary/aromatic N) is 1. The molecule has 1 fully saturated rings. The van der Waals surface area contributed by atoms with Crippen LogP contribution in [-0.2, 0) is 4.79 Å². The van der Waals surface area contributed by atoms with E-state index in [0.717, 1.165) is 23.1 Å². The minimum absolute atomic E-state index is 0.0110. The zero-order valence-corrected chi connectivity index (χ0v) is 10.3. The highest BCUT2D eigenvalue weighted by molar-refractivity contribution is 9.10. The predicted molar refractivity (Wildman–Crippen MR) is 63.8 cm³/mol. The molecule has 1 saturated heterocycles. The zero-order valence-electron chi connectivity index (χ0n) is 8.74. The van der Waals surface area contributed by atoms with Crippen LogP contribution in [0.25, 0.3) is 0 Å². The van der Waals surface area contributed by atoms with Crippen molar-refractivity contribution in [3.8, 4) is 0 Å². The van der Waals surface area contributed by atoms with Gasteiger partial charge in [-0.25, -0.2) is 0 Å². The molecule has 0 bridgehead atoms. The predicted octanol–water partition coefficient (Wildman–Crippen LogP) is 2.78. The maximum atomic E-state index is 11.8. The molecule has 1 aromatic rings. The van der Waals surface area contributed by atoms with Crippen LogP contribution in [0.3, 0.4) is 0 Å². The molecular weight excluding hydrogens is 254 g/mol. The number of carbonyl (C=O) groups excluding carboxylic acids is 1. The van der Waals surface area contributed by atoms with E-state index < -0.39 is 0 Å². The minimum atomic E-state index is -0.0110. The number of likely N-dealkylation sites (N-methyl/N-ethyl adjacent to an activating group) is 1. The molecule has 0 amide bonds. The van der Waals surface area contributed by atoms with E-state index in [4.69, 9.17) is 0 Å². The number of halogens is 1. The Morgan fingerprint density at radius 2 is 2.07 bits per heavy atom. The van der Waals surface area contributed by atoms with Gasteiger partial charge < -0.3 is 0 Å². The van der Waals surface area contributed by atoms with Crippen molar-refractivity contribution in [1.29, 1.82) is 0 Å². The molecule has 0 aliphatic carbocycles. The fourth-order valence-electron chi connectivity index (χ4n) is 2.11. The third-order valence-corrected chi connectivity index (χ3v) is 3.44. The summed E-state index contributed by atoms with van der Waals surface area (Å²) in [5, 5.41) is 0. The van der Waals surface area contributed by atoms with Gasteiger partial charge in [0, 0.05) is 17.4 Å². The Kier molecular flexibility index (Phi) is 3.22. The van der Waals surface area contributed by atoms with Crippen LogP contribution in [-0.4, -0.2) is 23.8 Å². The molecule has 1 heterocycles. The van der Waals surface area contributed by atoms with E-state index in [0.29, 0.717) is 12.2 Å². The lowest BCUT2D eigenvalue weighted by molar-refractivity contribution is -0.120. The van der Waals surface area contributed by atoms with Gasteiger partial charge in [0.2, 0.25) is 0 Å². The monoisotopic (exact) mass is 267 g/mol. The Bertz CT molecular complexity index is 360. The van der Waals surface area contributed by atoms with Gasteiger partial charge in [0.05, 0.1) is 6.04 Å². The molecule has 0 radical (unpaired) electrons. The number of hydrogen-bond donors (Lipinski definition) is 0. The summed E-state index contributed by atoms with van der Waals surface area (Å²) in [5.41, 5.74) is 1.11. The van der Waals surface area contributed by atoms with Crippen molar-refractivity contribution in [2.75, 3.05) is 13.1 Å². The zero-order chi connectivity index (χ0) is 10.8. The fraction of sp³-hybridized carbons (Fsp3) is 0.417. The maximum absolute atomic E-state index is 11.8. The highest BCUT2D eigenvalue weighted by atomic mass is 79.9. The molecule has 1 aliphatic heterocycles. The number of ketones is 1. The summed E-state index contributed by atoms with van der Waals surface area (Å²) >= 11 is 3.40. The quantitative estimate of drug-likeness (QED) is 0.822. The lowest BCUT2D eigenvalue weighted by Crippen LogP contribution is -2.25. The Balaban J connectivity index is 2.28. The van der Waals surface area contributed by atoms with Crippen LogP contribution < -0.4 is 0 Å². The van der Waals surface area contributed by atoms with Crippen LogP contribution in [0.5, 0.6) is 0 Å². The molecular formula is C12H14BrNO. The Morgan fingerprint density at radius 1 is 1.40 bits per heavy atom. The van der Waals surface area contributed by atoms with E-state index in [1.807, 2.05) is 24.3 Å². The number of rotatable bonds is 2. The first-order chi connectivity index (χ1) is 7.22. The van der Waals surface area contributed by atoms with Crippen LogP contribution in [0, 0.1) is 0 Å². The van der Waals surface area contributed by atoms with Gasteiger partial charge in [-0.2, -0.15) is 0 Å². The smallest absolute Gasteiger partial charge is 0.155 e. The number of carbonyl (C=O) groups is 1. The van der Waals surface area contributed by atoms with Crippen molar-refractivity contribution in [2.45, 2.75) is 19.4 Å². The second-order valence-electron chi connectivity index (χ2n) is 3.80. The molecule has 2 rings (SSSR count). The molecule has 15 heavy (non-hydrogen) atoms. The average molecular weight is 268 g/mol. The molecule has 80 valence electrons. The second-order valence-corrected chi connectivity index (χ2v) is 4.71. The van der Waals surface area contributed by atoms with Crippen LogP contribution in [0.2, 0.25) is 0 Å². The largest absolute Gasteiger partial charge is 0.297 e. The summed E-state index contributed by atoms with van der Waals surface area (Å²) in [6.45, 7) is 3.94. The van der Waals surface area contributed by atoms with Gasteiger partial charge in [0.1, 0.15) is 0 Å². The summed E-state index contributed by atoms with van der Waals surface area (Å²) < 4.78 is 1.06. The van der Waals surface area contributed by atoms with Crippen LogP contribution in [0.4, 0.5) is 0 Å². The third kappa shape index (κ3) is 2.13. The third-order valence-electron chi connectivity index (χ3n) is 2.91. The summed E-state index contributed by atoms with van der Waals surface area (Å²) in [6, 6.07) is 8.04. The summed E-state index contributed by atoms with van der Waals surface area (Å²) in [4.78, 5) is 14.0. The molecule has 1 atom stereocenters. The maximum Gasteiger partial charge on any atom is 0.155 e. The molecule has 1 unspecified atom stereocenters. The molecule has 1 aliphatic rings. The molecule has 0 saturated carbocycles. The normalized spacial score (nSPS) is 22.3. The minimum Gasteiger partial charge on any atom is -0.297 e. The van der Waals surface area contributed by atoms with E-state index >= 15 is 0 Å². The van der Waals surface area contributed by atoms with Crippen molar-refractivity contribution < 1.29 is 4.79 Å². The average Bonchev–Trinajstić information content (AvgIpc) is 2.61. The summed E-state index contributed by atoms with van der Waals surface area (Å²) in [5.74, 6) is 0.346. The Hall–Kier alpha value is -0.670. The van der Waals surface area contributed by atoms with E-state index in [1.54, 1.807) is 0 Å². The van der Waals surface area contributed by atoms with E-state index in [-0.39, 0.29) is 6.04 Å². The van der Waals surface area contributed by atoms with Gasteiger partial charge >= 0.3 is 0 Å². The topological polar surface area (TPSA) is 20.3 Å². The van der Waals surface area contributed by atoms with Crippen molar-refractivity contribution >= 4 is 21.7 Å². The first kappa shape index (κ1) is 10.8. The van der Waals surface area contributed by atoms with Crippen molar-refractivity contribution in [2.24, 2.45) is 0 Å². The number of likely N-dealkylation sites (tertiary alicyclic amines) is 1. The lowest BCUT2D eigenvalue weighted by Gasteiger charge is -2.21. The molecule has 2 nitrogen and oxygen atoms in total. The summed E-state index contributed by atoms with van der Waals surface area (Å²) in [7, 11) is 0. The first-order valence-corrected chi connectivity index (χ1v) is 6.04. The van der Waals surface area contributed by atoms with Gasteiger partial charge in [-0.3, -0.25) is 9.69 Å². The molecule has 0 spiro atoms. The van der Waals surface area contributed by atoms with E-state index in [1.165, 1.54) is 0 Å². The van der Waals surface area contributed by atoms with Crippen molar-refractivity contribution in [3.05, 3.63) is 34.3 Å². The fourth-order valence-corrected chi connectivity index (χ4v) is 2.37. The second kappa shape index (κ2) is 4.45. The highest BCUT2D eigenvalue weighted by Gasteiger charge is 2.32. The van der Waals surface area contributed by atoms with Crippen LogP contribution in [0.15, 0.2) is 28.7 Å². The van der Waals surface area contributed by atoms with Crippen molar-refractivity contribution in [3.63, 3.8) is 0 Å². The van der Waals surface area contributed by atoms with Gasteiger partial charge in [-0.1, -0.05) is 35.0 Å². The standard InChI is InChI=1S/C12H14BrNO/c1-2-14-8-7-11(15)12(14)9-3-5-10(13)6-4-9/h3-6,12H,2,7-8H2,1H3. The molecule has 0 N–H and O–H groups in total. The molecule has 0 aromatic heterocycles. The number of benzene rings is 1. The van der Waals surface area contributed by atoms with Gasteiger partial charge in [-0.05, 0) is 24.2 Å².